The van der Waals surface area contributed by atoms with Gasteiger partial charge in [-0.05, 0) is 168 Å². The molecule has 0 radical (unpaired) electrons. The van der Waals surface area contributed by atoms with Gasteiger partial charge in [0.05, 0.1) is 45.3 Å². The quantitative estimate of drug-likeness (QED) is 0.0224. The molecule has 15 heteroatoms. The number of nitrogens with zero attached hydrogens (tertiary/aromatic N) is 2. The van der Waals surface area contributed by atoms with Crippen LogP contribution in [-0.4, -0.2) is 69.0 Å². The van der Waals surface area contributed by atoms with Crippen molar-refractivity contribution < 1.29 is 46.6 Å². The number of aromatic nitrogens is 1. The Balaban J connectivity index is 1.49. The number of allylic oxidation sites excluding steroid dienone is 2. The van der Waals surface area contributed by atoms with Crippen LogP contribution in [0.4, 0.5) is 20.0 Å². The number of amides is 2. The van der Waals surface area contributed by atoms with Gasteiger partial charge in [0.25, 0.3) is 11.8 Å². The molecule has 1 aliphatic heterocycles. The minimum Gasteiger partial charge on any atom is -0.490 e. The van der Waals surface area contributed by atoms with Crippen LogP contribution in [0.5, 0.6) is 34.5 Å². The Kier molecular flexibility index (Phi) is 43.1. The van der Waals surface area contributed by atoms with Crippen LogP contribution in [0, 0.1) is 32.6 Å². The van der Waals surface area contributed by atoms with E-state index in [9.17, 15) is 0 Å². The van der Waals surface area contributed by atoms with Gasteiger partial charge in [0, 0.05) is 56.3 Å². The van der Waals surface area contributed by atoms with Crippen LogP contribution >= 0.6 is 0 Å². The highest BCUT2D eigenvalue weighted by Crippen LogP contribution is 2.44. The molecule has 0 aliphatic carbocycles. The van der Waals surface area contributed by atoms with E-state index in [0.29, 0.717) is 142 Å². The normalized spacial score (nSPS) is 12.4. The molecule has 12 nitrogen and oxygen atoms in total. The van der Waals surface area contributed by atoms with Crippen LogP contribution in [-0.2, 0) is 6.42 Å². The molecular formula is C94H139BF2N4O8. The lowest BCUT2D eigenvalue weighted by Gasteiger charge is -2.20. The monoisotopic (exact) mass is 1500 g/mol. The summed E-state index contributed by atoms with van der Waals surface area (Å²) >= 11 is 0. The summed E-state index contributed by atoms with van der Waals surface area (Å²) in [7, 11) is -2.77. The van der Waals surface area contributed by atoms with Crippen LogP contribution in [0.1, 0.15) is 372 Å². The molecule has 109 heavy (non-hydrogen) atoms. The molecule has 4 aromatic carbocycles. The third-order valence-electron chi connectivity index (χ3n) is 21.3. The van der Waals surface area contributed by atoms with E-state index in [1.165, 1.54) is 120 Å². The second kappa shape index (κ2) is 51.9. The molecule has 0 unspecified atom stereocenters. The maximum Gasteiger partial charge on any atom is 0.677 e. The molecule has 5 aromatic rings. The summed E-state index contributed by atoms with van der Waals surface area (Å²) in [5.41, 5.74) is 11.0. The van der Waals surface area contributed by atoms with Crippen molar-refractivity contribution in [3.63, 3.8) is 0 Å². The number of hydrogen-bond donors (Lipinski definition) is 2. The highest BCUT2D eigenvalue weighted by molar-refractivity contribution is 6.41. The van der Waals surface area contributed by atoms with Gasteiger partial charge in [0.15, 0.2) is 23.0 Å². The summed E-state index contributed by atoms with van der Waals surface area (Å²) in [6.45, 7) is 29.9. The summed E-state index contributed by atoms with van der Waals surface area (Å²) in [4.78, 5) is 35.8. The predicted molar refractivity (Wildman–Crippen MR) is 454 cm³/mol. The summed E-state index contributed by atoms with van der Waals surface area (Å²) in [6.07, 6.45) is 41.0. The average molecular weight is 1500 g/mol. The van der Waals surface area contributed by atoms with Crippen molar-refractivity contribution in [1.29, 1.82) is 0 Å². The smallest absolute Gasteiger partial charge is 0.490 e. The number of rotatable bonds is 57. The highest BCUT2D eigenvalue weighted by Gasteiger charge is 2.33. The molecule has 2 N–H and O–H groups in total. The molecule has 2 heterocycles. The number of nitrogens with one attached hydrogen (secondary N) is 2. The summed E-state index contributed by atoms with van der Waals surface area (Å²) in [6, 6.07) is 18.5. The Hall–Kier alpha value is -7.47. The van der Waals surface area contributed by atoms with Gasteiger partial charge in [0.2, 0.25) is 11.5 Å². The minimum absolute atomic E-state index is 0.326. The first-order valence-corrected chi connectivity index (χ1v) is 43.1. The van der Waals surface area contributed by atoms with Gasteiger partial charge in [-0.2, -0.15) is 0 Å². The fraction of sp³-hybridized carbons (Fsp3) is 0.606. The topological polar surface area (TPSA) is 131 Å². The molecule has 0 spiro atoms. The standard InChI is InChI=1S/C94H139BF2N4O8/c1-14-22-28-34-40-46-58-104-84-66-78(67-85(105-59-47-41-35-29-23-15-2)91(84)108-62-50-44-38-32-26-18-5)93(102)99-82-64-76(53-52-75-54-56-77(57-55-75)88(89-70(9)80(20-7)73(12)98-89)90-71(10)81(21-8)74(13)101(90)95(96)97)65-83(72(82)11)100-94(103)79-68-86(106-60-48-42-36-30-24-16-3)92(109-63-51-45-39-33-27-19-6)87(69-79)107-61-49-43-37-31-25-17-4/h54-57,64-69H,14-51,58-63H2,1-13H3,(H,99,102)(H,100,103)/b89-88-. The average Bonchev–Trinajstić information content (AvgIpc) is 1.60. The zero-order valence-electron chi connectivity index (χ0n) is 69.9. The summed E-state index contributed by atoms with van der Waals surface area (Å²) in [5.74, 6) is 8.88. The molecular weight excluding hydrogens is 1360 g/mol. The number of anilines is 2. The Morgan fingerprint density at radius 2 is 0.734 bits per heavy atom. The third kappa shape index (κ3) is 29.6. The number of unbranched alkanes of at least 4 members (excludes halogenated alkanes) is 30. The zero-order valence-corrected chi connectivity index (χ0v) is 69.9. The van der Waals surface area contributed by atoms with Crippen molar-refractivity contribution in [3.8, 4) is 46.3 Å². The van der Waals surface area contributed by atoms with Crippen LogP contribution < -0.4 is 39.1 Å². The third-order valence-corrected chi connectivity index (χ3v) is 21.3. The van der Waals surface area contributed by atoms with E-state index in [1.807, 2.05) is 71.0 Å². The molecule has 0 fully saturated rings. The number of ether oxygens (including phenoxy) is 6. The van der Waals surface area contributed by atoms with E-state index in [-0.39, 0.29) is 0 Å². The number of carbonyl (C=O) groups excluding carboxylic acids is 2. The second-order valence-corrected chi connectivity index (χ2v) is 30.1. The second-order valence-electron chi connectivity index (χ2n) is 30.1. The largest absolute Gasteiger partial charge is 0.677 e. The van der Waals surface area contributed by atoms with Gasteiger partial charge in [-0.1, -0.05) is 272 Å². The number of hydrogen-bond acceptors (Lipinski definition) is 9. The Morgan fingerprint density at radius 3 is 1.06 bits per heavy atom. The van der Waals surface area contributed by atoms with Crippen molar-refractivity contribution in [2.24, 2.45) is 4.99 Å². The first kappa shape index (κ1) is 90.4. The Labute approximate surface area is 658 Å². The first-order chi connectivity index (χ1) is 53.1. The molecule has 2 amide bonds. The van der Waals surface area contributed by atoms with Gasteiger partial charge >= 0.3 is 7.40 Å². The first-order valence-electron chi connectivity index (χ1n) is 43.1. The maximum absolute atomic E-state index is 15.4. The van der Waals surface area contributed by atoms with Crippen molar-refractivity contribution in [2.75, 3.05) is 50.3 Å². The van der Waals surface area contributed by atoms with Crippen LogP contribution in [0.15, 0.2) is 82.5 Å². The highest BCUT2D eigenvalue weighted by atomic mass is 19.2. The summed E-state index contributed by atoms with van der Waals surface area (Å²) < 4.78 is 72.1. The molecule has 0 atom stereocenters. The fourth-order valence-electron chi connectivity index (χ4n) is 14.7. The molecule has 0 saturated carbocycles. The fourth-order valence-corrected chi connectivity index (χ4v) is 14.7. The molecule has 0 bridgehead atoms. The predicted octanol–water partition coefficient (Wildman–Crippen LogP) is 27.0. The molecule has 0 saturated heterocycles. The lowest BCUT2D eigenvalue weighted by Crippen LogP contribution is -2.18. The SMILES string of the molecule is CCCCCCCCOc1cc(C(=O)Nc2cc(C#Cc3ccc(/C(=C4/N=C(C)C(CC)=C4C)c4c(C)c(CC)c(C)n4B(F)F)cc3)cc(NC(=O)c3cc(OCCCCCCCC)c(OCCCCCCCC)c(OCCCCCCCC)c3)c2C)cc(OCCCCCCCC)c1OCCCCCCCC. The van der Waals surface area contributed by atoms with Crippen LogP contribution in [0.2, 0.25) is 0 Å². The number of halogens is 2. The number of carbonyl (C=O) groups is 2. The number of benzene rings is 4. The van der Waals surface area contributed by atoms with Crippen molar-refractivity contribution >= 4 is 41.9 Å². The van der Waals surface area contributed by atoms with E-state index in [0.717, 1.165) is 156 Å². The van der Waals surface area contributed by atoms with Crippen molar-refractivity contribution in [1.82, 2.24) is 4.48 Å². The van der Waals surface area contributed by atoms with Gasteiger partial charge in [-0.25, -0.2) is 0 Å². The van der Waals surface area contributed by atoms with Gasteiger partial charge < -0.3 is 43.5 Å². The van der Waals surface area contributed by atoms with Gasteiger partial charge in [-0.15, -0.1) is 0 Å². The molecule has 6 rings (SSSR count). The van der Waals surface area contributed by atoms with E-state index in [2.05, 4.69) is 70.9 Å². The van der Waals surface area contributed by atoms with E-state index in [1.54, 1.807) is 31.2 Å². The van der Waals surface area contributed by atoms with Crippen molar-refractivity contribution in [3.05, 3.63) is 133 Å². The Morgan fingerprint density at radius 1 is 0.404 bits per heavy atom. The molecule has 1 aliphatic rings. The Bertz CT molecular complexity index is 3490. The van der Waals surface area contributed by atoms with E-state index in [4.69, 9.17) is 33.4 Å². The van der Waals surface area contributed by atoms with Gasteiger partial charge in [-0.3, -0.25) is 23.2 Å². The van der Waals surface area contributed by atoms with Crippen molar-refractivity contribution in [2.45, 2.75) is 334 Å². The van der Waals surface area contributed by atoms with Crippen LogP contribution in [0.25, 0.3) is 5.57 Å². The number of aliphatic imine (C=N–C) groups is 1. The molecule has 1 aromatic heterocycles. The zero-order chi connectivity index (χ0) is 78.6. The van der Waals surface area contributed by atoms with E-state index < -0.39 is 19.2 Å². The van der Waals surface area contributed by atoms with E-state index >= 15 is 18.2 Å². The van der Waals surface area contributed by atoms with Gasteiger partial charge in [0.1, 0.15) is 0 Å². The maximum atomic E-state index is 15.4. The molecule has 600 valence electrons. The van der Waals surface area contributed by atoms with Crippen LogP contribution in [0.3, 0.4) is 0 Å². The summed E-state index contributed by atoms with van der Waals surface area (Å²) in [5, 5.41) is 6.55. The minimum atomic E-state index is -2.77. The lowest BCUT2D eigenvalue weighted by molar-refractivity contribution is 0.101. The lowest BCUT2D eigenvalue weighted by atomic mass is 9.92.